The molecule has 182 valence electrons. The Morgan fingerprint density at radius 3 is 2.88 bits per heavy atom. The van der Waals surface area contributed by atoms with Crippen LogP contribution in [0.2, 0.25) is 0 Å². The average molecular weight is 462 g/mol. The molecule has 4 aliphatic carbocycles. The van der Waals surface area contributed by atoms with Crippen molar-refractivity contribution in [3.8, 4) is 5.75 Å². The maximum atomic E-state index is 13.7. The smallest absolute Gasteiger partial charge is 0.239 e. The second kappa shape index (κ2) is 7.00. The summed E-state index contributed by atoms with van der Waals surface area (Å²) < 4.78 is 0. The molecule has 8 rings (SSSR count). The number of benzene rings is 1. The van der Waals surface area contributed by atoms with Crippen LogP contribution in [0.25, 0.3) is 0 Å². The molecule has 3 saturated heterocycles. The van der Waals surface area contributed by atoms with E-state index in [0.29, 0.717) is 41.0 Å². The summed E-state index contributed by atoms with van der Waals surface area (Å²) in [5.41, 5.74) is 3.44. The number of aromatic hydroxyl groups is 1. The van der Waals surface area contributed by atoms with E-state index in [1.54, 1.807) is 0 Å². The van der Waals surface area contributed by atoms with E-state index in [1.165, 1.54) is 75.6 Å². The van der Waals surface area contributed by atoms with Crippen molar-refractivity contribution in [2.45, 2.75) is 87.7 Å². The second-order valence-corrected chi connectivity index (χ2v) is 13.0. The summed E-state index contributed by atoms with van der Waals surface area (Å²) in [6.45, 7) is 4.46. The topological polar surface area (TPSA) is 55.8 Å². The number of nitrogens with zero attached hydrogens (tertiary/aromatic N) is 2. The zero-order chi connectivity index (χ0) is 22.7. The third kappa shape index (κ3) is 2.51. The SMILES string of the molecule is O=C([C@@H]1CCCCN1)N1C[C@H]2C[C@@]34CC[C@@H]1[C@@H]2[C@@]31CCN(CC2CC2)[C@@H]4Cc2ccc(O)cc21. The van der Waals surface area contributed by atoms with Crippen molar-refractivity contribution in [3.05, 3.63) is 29.3 Å². The predicted molar refractivity (Wildman–Crippen MR) is 131 cm³/mol. The van der Waals surface area contributed by atoms with Gasteiger partial charge in [0, 0.05) is 30.6 Å². The molecule has 0 aromatic heterocycles. The zero-order valence-corrected chi connectivity index (χ0v) is 20.3. The molecule has 3 saturated carbocycles. The lowest BCUT2D eigenvalue weighted by atomic mass is 9.43. The number of carbonyl (C=O) groups excluding carboxylic acids is 1. The Morgan fingerprint density at radius 1 is 1.15 bits per heavy atom. The molecule has 0 spiro atoms. The molecule has 1 aromatic rings. The summed E-state index contributed by atoms with van der Waals surface area (Å²) in [4.78, 5) is 19.0. The van der Waals surface area contributed by atoms with Crippen molar-refractivity contribution in [2.24, 2.45) is 23.2 Å². The quantitative estimate of drug-likeness (QED) is 0.724. The molecule has 3 aliphatic heterocycles. The molecular formula is C29H39N3O2. The molecule has 34 heavy (non-hydrogen) atoms. The van der Waals surface area contributed by atoms with Crippen LogP contribution in [-0.2, 0) is 16.6 Å². The van der Waals surface area contributed by atoms with Crippen LogP contribution in [0.15, 0.2) is 18.2 Å². The van der Waals surface area contributed by atoms with Crippen molar-refractivity contribution in [1.29, 1.82) is 0 Å². The Labute approximate surface area is 203 Å². The molecule has 6 fully saturated rings. The predicted octanol–water partition coefficient (Wildman–Crippen LogP) is 3.44. The number of phenolic OH excluding ortho intramolecular Hbond substituents is 1. The summed E-state index contributed by atoms with van der Waals surface area (Å²) in [5.74, 6) is 2.94. The van der Waals surface area contributed by atoms with Gasteiger partial charge >= 0.3 is 0 Å². The first-order chi connectivity index (χ1) is 16.6. The number of nitrogens with one attached hydrogen (secondary N) is 1. The van der Waals surface area contributed by atoms with E-state index in [2.05, 4.69) is 27.2 Å². The maximum absolute atomic E-state index is 13.7. The standard InChI is InChI=1S/C29H39N3O2/c33-21-7-6-19-13-25-28-9-8-24-26(20(15-28)17-32(24)27(34)23-3-1-2-11-30-23)29(28,22(19)14-21)10-12-31(25)16-18-4-5-18/h6-7,14,18,20,23-26,30,33H,1-5,8-13,15-17H2/t20-,23+,24-,25-,26-,28-,29+/m1/s1. The van der Waals surface area contributed by atoms with Crippen molar-refractivity contribution >= 4 is 5.91 Å². The van der Waals surface area contributed by atoms with Crippen LogP contribution >= 0.6 is 0 Å². The number of carbonyl (C=O) groups is 1. The van der Waals surface area contributed by atoms with Crippen LogP contribution in [0.5, 0.6) is 5.75 Å². The number of amides is 1. The van der Waals surface area contributed by atoms with Gasteiger partial charge in [-0.1, -0.05) is 12.5 Å². The highest BCUT2D eigenvalue weighted by atomic mass is 16.3. The molecule has 1 amide bonds. The highest BCUT2D eigenvalue weighted by Crippen LogP contribution is 2.75. The molecular weight excluding hydrogens is 422 g/mol. The number of hydrogen-bond acceptors (Lipinski definition) is 4. The first-order valence-corrected chi connectivity index (χ1v) is 14.2. The highest BCUT2D eigenvalue weighted by Gasteiger charge is 2.76. The summed E-state index contributed by atoms with van der Waals surface area (Å²) in [6, 6.07) is 7.37. The lowest BCUT2D eigenvalue weighted by molar-refractivity contribution is -0.142. The van der Waals surface area contributed by atoms with Gasteiger partial charge < -0.3 is 15.3 Å². The van der Waals surface area contributed by atoms with Crippen LogP contribution in [0, 0.1) is 23.2 Å². The summed E-state index contributed by atoms with van der Waals surface area (Å²) in [5, 5.41) is 14.2. The Bertz CT molecular complexity index is 1030. The van der Waals surface area contributed by atoms with Crippen LogP contribution in [0.3, 0.4) is 0 Å². The number of piperidine rings is 2. The van der Waals surface area contributed by atoms with Gasteiger partial charge in [-0.05, 0) is 117 Å². The van der Waals surface area contributed by atoms with Gasteiger partial charge in [-0.3, -0.25) is 9.69 Å². The number of fused-ring (bicyclic) bond motifs is 1. The maximum Gasteiger partial charge on any atom is 0.239 e. The van der Waals surface area contributed by atoms with E-state index >= 15 is 0 Å². The monoisotopic (exact) mass is 461 g/mol. The van der Waals surface area contributed by atoms with Gasteiger partial charge in [0.15, 0.2) is 0 Å². The molecule has 5 heteroatoms. The minimum Gasteiger partial charge on any atom is -0.508 e. The summed E-state index contributed by atoms with van der Waals surface area (Å²) in [6.07, 6.45) is 12.3. The van der Waals surface area contributed by atoms with Crippen molar-refractivity contribution in [1.82, 2.24) is 15.1 Å². The largest absolute Gasteiger partial charge is 0.508 e. The Morgan fingerprint density at radius 2 is 2.06 bits per heavy atom. The molecule has 0 unspecified atom stereocenters. The molecule has 4 bridgehead atoms. The van der Waals surface area contributed by atoms with Crippen LogP contribution in [-0.4, -0.2) is 65.1 Å². The van der Waals surface area contributed by atoms with Gasteiger partial charge in [0.2, 0.25) is 5.91 Å². The first-order valence-electron chi connectivity index (χ1n) is 14.2. The van der Waals surface area contributed by atoms with E-state index in [4.69, 9.17) is 0 Å². The molecule has 5 nitrogen and oxygen atoms in total. The molecule has 3 heterocycles. The van der Waals surface area contributed by atoms with Crippen LogP contribution in [0.4, 0.5) is 0 Å². The zero-order valence-electron chi connectivity index (χ0n) is 20.3. The number of rotatable bonds is 3. The van der Waals surface area contributed by atoms with E-state index in [9.17, 15) is 9.90 Å². The van der Waals surface area contributed by atoms with Crippen molar-refractivity contribution in [3.63, 3.8) is 0 Å². The summed E-state index contributed by atoms with van der Waals surface area (Å²) >= 11 is 0. The van der Waals surface area contributed by atoms with Gasteiger partial charge in [-0.15, -0.1) is 0 Å². The van der Waals surface area contributed by atoms with Gasteiger partial charge in [-0.25, -0.2) is 0 Å². The number of likely N-dealkylation sites (tertiary alicyclic amines) is 2. The van der Waals surface area contributed by atoms with Crippen LogP contribution < -0.4 is 5.32 Å². The third-order valence-electron chi connectivity index (χ3n) is 11.7. The van der Waals surface area contributed by atoms with E-state index in [-0.39, 0.29) is 11.5 Å². The number of phenols is 1. The first kappa shape index (κ1) is 20.6. The minimum absolute atomic E-state index is 0.0348. The third-order valence-corrected chi connectivity index (χ3v) is 11.7. The number of hydrogen-bond donors (Lipinski definition) is 2. The van der Waals surface area contributed by atoms with Crippen molar-refractivity contribution in [2.75, 3.05) is 26.2 Å². The van der Waals surface area contributed by atoms with E-state index in [1.807, 2.05) is 6.07 Å². The Hall–Kier alpha value is -1.59. The molecule has 1 aromatic carbocycles. The second-order valence-electron chi connectivity index (χ2n) is 13.0. The van der Waals surface area contributed by atoms with E-state index in [0.717, 1.165) is 31.8 Å². The Balaban J connectivity index is 1.22. The van der Waals surface area contributed by atoms with Gasteiger partial charge in [0.05, 0.1) is 6.04 Å². The fourth-order valence-corrected chi connectivity index (χ4v) is 10.5. The van der Waals surface area contributed by atoms with Gasteiger partial charge in [0.1, 0.15) is 5.75 Å². The fourth-order valence-electron chi connectivity index (χ4n) is 10.5. The lowest BCUT2D eigenvalue weighted by Crippen LogP contribution is -2.70. The van der Waals surface area contributed by atoms with Crippen molar-refractivity contribution < 1.29 is 9.90 Å². The van der Waals surface area contributed by atoms with E-state index < -0.39 is 0 Å². The van der Waals surface area contributed by atoms with Gasteiger partial charge in [-0.2, -0.15) is 0 Å². The highest BCUT2D eigenvalue weighted by molar-refractivity contribution is 5.83. The summed E-state index contributed by atoms with van der Waals surface area (Å²) in [7, 11) is 0. The molecule has 0 radical (unpaired) electrons. The normalized spacial score (nSPS) is 44.6. The molecule has 7 atom stereocenters. The van der Waals surface area contributed by atoms with Gasteiger partial charge in [0.25, 0.3) is 0 Å². The average Bonchev–Trinajstić information content (AvgIpc) is 3.55. The molecule has 2 N–H and O–H groups in total. The fraction of sp³-hybridized carbons (Fsp3) is 0.759. The van der Waals surface area contributed by atoms with Crippen LogP contribution in [0.1, 0.15) is 68.9 Å². The minimum atomic E-state index is 0.0348. The molecule has 7 aliphatic rings. The lowest BCUT2D eigenvalue weighted by Gasteiger charge is -2.66. The Kier molecular flexibility index (Phi) is 4.24.